The van der Waals surface area contributed by atoms with Crippen molar-refractivity contribution in [3.63, 3.8) is 0 Å². The van der Waals surface area contributed by atoms with Crippen LogP contribution < -0.4 is 0 Å². The first-order valence-corrected chi connectivity index (χ1v) is 11.7. The fourth-order valence-corrected chi connectivity index (χ4v) is 4.96. The van der Waals surface area contributed by atoms with Crippen LogP contribution in [0.3, 0.4) is 0 Å². The molecule has 0 N–H and O–H groups in total. The third kappa shape index (κ3) is 6.53. The predicted octanol–water partition coefficient (Wildman–Crippen LogP) is 6.29. The van der Waals surface area contributed by atoms with Gasteiger partial charge in [0.15, 0.2) is 0 Å². The number of Topliss-reactive ketones (excluding diaryl/α,β-unsaturated/α-hetero) is 1. The van der Waals surface area contributed by atoms with E-state index in [9.17, 15) is 9.59 Å². The van der Waals surface area contributed by atoms with Crippen molar-refractivity contribution in [2.24, 2.45) is 11.8 Å². The van der Waals surface area contributed by atoms with E-state index in [1.807, 2.05) is 24.3 Å². The van der Waals surface area contributed by atoms with Crippen LogP contribution in [0, 0.1) is 11.8 Å². The predicted molar refractivity (Wildman–Crippen MR) is 125 cm³/mol. The number of rotatable bonds is 9. The molecule has 0 aromatic heterocycles. The van der Waals surface area contributed by atoms with Gasteiger partial charge in [-0.1, -0.05) is 87.9 Å². The van der Waals surface area contributed by atoms with Gasteiger partial charge in [0, 0.05) is 12.3 Å². The topological polar surface area (TPSA) is 43.4 Å². The van der Waals surface area contributed by atoms with Crippen LogP contribution in [0.2, 0.25) is 0 Å². The first kappa shape index (κ1) is 23.2. The van der Waals surface area contributed by atoms with Crippen LogP contribution in [-0.4, -0.2) is 17.9 Å². The van der Waals surface area contributed by atoms with Gasteiger partial charge in [-0.05, 0) is 48.1 Å². The van der Waals surface area contributed by atoms with E-state index >= 15 is 0 Å². The molecule has 1 fully saturated rings. The molecule has 166 valence electrons. The van der Waals surface area contributed by atoms with Gasteiger partial charge in [0.05, 0.1) is 0 Å². The minimum Gasteiger partial charge on any atom is -0.462 e. The molecule has 3 atom stereocenters. The standard InChI is InChI=1S/C28H36O3/c1-21-17-18-25(28(2,3)23-14-8-5-9-15-23)26(19-21)31-27(30)20-24(29)16-10-13-22-11-6-4-7-12-22/h4-9,11-12,14-15,21,25-26H,10,13,16-20H2,1-3H3/t21-,25-,26+/m1/s1. The van der Waals surface area contributed by atoms with Crippen LogP contribution in [0.1, 0.15) is 70.4 Å². The Bertz CT molecular complexity index is 841. The molecule has 0 amide bonds. The molecule has 3 heteroatoms. The zero-order chi connectivity index (χ0) is 22.3. The second-order valence-electron chi connectivity index (χ2n) is 9.70. The van der Waals surface area contributed by atoms with Gasteiger partial charge in [-0.25, -0.2) is 0 Å². The van der Waals surface area contributed by atoms with E-state index < -0.39 is 0 Å². The summed E-state index contributed by atoms with van der Waals surface area (Å²) in [5, 5.41) is 0. The van der Waals surface area contributed by atoms with Gasteiger partial charge in [-0.2, -0.15) is 0 Å². The molecule has 3 rings (SSSR count). The fourth-order valence-electron chi connectivity index (χ4n) is 4.96. The van der Waals surface area contributed by atoms with Crippen molar-refractivity contribution >= 4 is 11.8 Å². The van der Waals surface area contributed by atoms with E-state index in [2.05, 4.69) is 57.2 Å². The molecule has 31 heavy (non-hydrogen) atoms. The van der Waals surface area contributed by atoms with Crippen LogP contribution in [0.25, 0.3) is 0 Å². The van der Waals surface area contributed by atoms with Gasteiger partial charge in [0.25, 0.3) is 0 Å². The lowest BCUT2D eigenvalue weighted by Crippen LogP contribution is -2.43. The Labute approximate surface area is 187 Å². The Morgan fingerprint density at radius 2 is 1.61 bits per heavy atom. The summed E-state index contributed by atoms with van der Waals surface area (Å²) in [5.41, 5.74) is 2.40. The average molecular weight is 421 g/mol. The van der Waals surface area contributed by atoms with E-state index in [1.165, 1.54) is 11.1 Å². The number of benzene rings is 2. The van der Waals surface area contributed by atoms with E-state index in [-0.39, 0.29) is 35.6 Å². The zero-order valence-electron chi connectivity index (χ0n) is 19.2. The highest BCUT2D eigenvalue weighted by molar-refractivity contribution is 5.95. The number of ketones is 1. The summed E-state index contributed by atoms with van der Waals surface area (Å²) >= 11 is 0. The minimum absolute atomic E-state index is 0.0244. The Hall–Kier alpha value is -2.42. The SMILES string of the molecule is C[C@@H]1CC[C@@H](C(C)(C)c2ccccc2)[C@@H](OC(=O)CC(=O)CCCc2ccccc2)C1. The molecule has 1 saturated carbocycles. The summed E-state index contributed by atoms with van der Waals surface area (Å²) in [7, 11) is 0. The number of hydrogen-bond acceptors (Lipinski definition) is 3. The lowest BCUT2D eigenvalue weighted by atomic mass is 9.64. The normalized spacial score (nSPS) is 21.5. The Morgan fingerprint density at radius 3 is 2.29 bits per heavy atom. The van der Waals surface area contributed by atoms with Crippen molar-refractivity contribution in [2.45, 2.75) is 77.2 Å². The second-order valence-corrected chi connectivity index (χ2v) is 9.70. The molecule has 1 aliphatic rings. The number of ether oxygens (including phenoxy) is 1. The van der Waals surface area contributed by atoms with Crippen LogP contribution in [0.4, 0.5) is 0 Å². The molecule has 0 bridgehead atoms. The number of esters is 1. The lowest BCUT2D eigenvalue weighted by molar-refractivity contribution is -0.157. The maximum absolute atomic E-state index is 12.6. The molecule has 2 aromatic carbocycles. The number of carbonyl (C=O) groups is 2. The molecule has 0 unspecified atom stereocenters. The van der Waals surface area contributed by atoms with Gasteiger partial charge in [-0.3, -0.25) is 9.59 Å². The van der Waals surface area contributed by atoms with Crippen molar-refractivity contribution in [1.82, 2.24) is 0 Å². The molecule has 0 spiro atoms. The molecular weight excluding hydrogens is 384 g/mol. The van der Waals surface area contributed by atoms with Crippen molar-refractivity contribution in [3.8, 4) is 0 Å². The third-order valence-corrected chi connectivity index (χ3v) is 6.89. The zero-order valence-corrected chi connectivity index (χ0v) is 19.2. The first-order chi connectivity index (χ1) is 14.9. The second kappa shape index (κ2) is 10.7. The van der Waals surface area contributed by atoms with Gasteiger partial charge >= 0.3 is 5.97 Å². The smallest absolute Gasteiger partial charge is 0.313 e. The molecule has 1 aliphatic carbocycles. The molecule has 0 saturated heterocycles. The van der Waals surface area contributed by atoms with Crippen molar-refractivity contribution in [1.29, 1.82) is 0 Å². The maximum Gasteiger partial charge on any atom is 0.313 e. The summed E-state index contributed by atoms with van der Waals surface area (Å²) < 4.78 is 5.96. The minimum atomic E-state index is -0.363. The van der Waals surface area contributed by atoms with E-state index in [0.29, 0.717) is 12.3 Å². The van der Waals surface area contributed by atoms with Crippen LogP contribution in [0.15, 0.2) is 60.7 Å². The molecule has 0 radical (unpaired) electrons. The highest BCUT2D eigenvalue weighted by Gasteiger charge is 2.42. The van der Waals surface area contributed by atoms with E-state index in [0.717, 1.165) is 32.1 Å². The molecule has 0 aliphatic heterocycles. The Balaban J connectivity index is 1.55. The summed E-state index contributed by atoms with van der Waals surface area (Å²) in [6.45, 7) is 6.72. The fraction of sp³-hybridized carbons (Fsp3) is 0.500. The van der Waals surface area contributed by atoms with Crippen molar-refractivity contribution in [3.05, 3.63) is 71.8 Å². The quantitative estimate of drug-likeness (QED) is 0.353. The van der Waals surface area contributed by atoms with Gasteiger partial charge in [-0.15, -0.1) is 0 Å². The van der Waals surface area contributed by atoms with Crippen LogP contribution in [0.5, 0.6) is 0 Å². The van der Waals surface area contributed by atoms with E-state index in [1.54, 1.807) is 0 Å². The number of hydrogen-bond donors (Lipinski definition) is 0. The molecular formula is C28H36O3. The van der Waals surface area contributed by atoms with Crippen molar-refractivity contribution < 1.29 is 14.3 Å². The molecule has 3 nitrogen and oxygen atoms in total. The summed E-state index contributed by atoms with van der Waals surface area (Å²) in [5.74, 6) is 0.395. The Kier molecular flexibility index (Phi) is 8.06. The summed E-state index contributed by atoms with van der Waals surface area (Å²) in [4.78, 5) is 25.0. The maximum atomic E-state index is 12.6. The summed E-state index contributed by atoms with van der Waals surface area (Å²) in [6.07, 6.45) is 4.84. The van der Waals surface area contributed by atoms with Crippen molar-refractivity contribution in [2.75, 3.05) is 0 Å². The highest BCUT2D eigenvalue weighted by Crippen LogP contribution is 2.43. The number of carbonyl (C=O) groups excluding carboxylic acids is 2. The third-order valence-electron chi connectivity index (χ3n) is 6.89. The first-order valence-electron chi connectivity index (χ1n) is 11.7. The number of aryl methyl sites for hydroxylation is 1. The monoisotopic (exact) mass is 420 g/mol. The Morgan fingerprint density at radius 1 is 0.968 bits per heavy atom. The van der Waals surface area contributed by atoms with E-state index in [4.69, 9.17) is 4.74 Å². The molecule has 2 aromatic rings. The van der Waals surface area contributed by atoms with Gasteiger partial charge in [0.1, 0.15) is 18.3 Å². The average Bonchev–Trinajstić information content (AvgIpc) is 2.75. The van der Waals surface area contributed by atoms with Crippen LogP contribution in [-0.2, 0) is 26.2 Å². The largest absolute Gasteiger partial charge is 0.462 e. The highest BCUT2D eigenvalue weighted by atomic mass is 16.5. The van der Waals surface area contributed by atoms with Gasteiger partial charge in [0.2, 0.25) is 0 Å². The summed E-state index contributed by atoms with van der Waals surface area (Å²) in [6, 6.07) is 20.6. The molecule has 0 heterocycles. The lowest BCUT2D eigenvalue weighted by Gasteiger charge is -2.44. The van der Waals surface area contributed by atoms with Crippen LogP contribution >= 0.6 is 0 Å². The van der Waals surface area contributed by atoms with Gasteiger partial charge < -0.3 is 4.74 Å².